The molecule has 0 N–H and O–H groups in total. The Morgan fingerprint density at radius 2 is 0.821 bits per heavy atom. The van der Waals surface area contributed by atoms with Crippen LogP contribution in [0.1, 0.15) is 9.60 Å². The van der Waals surface area contributed by atoms with E-state index in [1.54, 1.807) is 0 Å². The molecule has 10 aromatic carbocycles. The summed E-state index contributed by atoms with van der Waals surface area (Å²) in [4.78, 5) is 11.5. The van der Waals surface area contributed by atoms with Gasteiger partial charge in [0.1, 0.15) is 0 Å². The smallest absolute Gasteiger partial charge is 0.0972 e. The van der Waals surface area contributed by atoms with E-state index in [0.717, 1.165) is 54.6 Å². The lowest BCUT2D eigenvalue weighted by Crippen LogP contribution is -1.92. The highest BCUT2D eigenvalue weighted by molar-refractivity contribution is 7.20. The molecule has 0 unspecified atom stereocenters. The lowest BCUT2D eigenvalue weighted by molar-refractivity contribution is 1.37. The molecular weight excluding hydrogens is 829 g/mol. The van der Waals surface area contributed by atoms with E-state index >= 15 is 0 Å². The highest BCUT2D eigenvalue weighted by Crippen LogP contribution is 2.56. The van der Waals surface area contributed by atoms with Crippen LogP contribution in [0.5, 0.6) is 0 Å². The Morgan fingerprint density at radius 3 is 1.48 bits per heavy atom. The molecule has 0 radical (unpaired) electrons. The Labute approximate surface area is 402 Å². The molecule has 3 aromatic heterocycles. The first-order valence-electron chi connectivity index (χ1n) is 25.7. The van der Waals surface area contributed by atoms with Crippen LogP contribution in [0.2, 0.25) is 0 Å². The van der Waals surface area contributed by atoms with Crippen molar-refractivity contribution in [3.05, 3.63) is 243 Å². The van der Waals surface area contributed by atoms with Gasteiger partial charge in [-0.2, -0.15) is 0 Å². The molecule has 312 valence electrons. The molecular formula is C64H40N2S. The van der Waals surface area contributed by atoms with E-state index in [0.29, 0.717) is 5.56 Å². The molecule has 0 bridgehead atoms. The predicted molar refractivity (Wildman–Crippen MR) is 285 cm³/mol. The fourth-order valence-electron chi connectivity index (χ4n) is 9.89. The number of rotatable bonds is 7. The van der Waals surface area contributed by atoms with Gasteiger partial charge in [0.05, 0.1) is 26.3 Å². The molecule has 2 nitrogen and oxygen atoms in total. The van der Waals surface area contributed by atoms with Gasteiger partial charge < -0.3 is 0 Å². The maximum Gasteiger partial charge on any atom is 0.0972 e. The molecule has 3 heteroatoms. The minimum atomic E-state index is -0.465. The van der Waals surface area contributed by atoms with Crippen LogP contribution in [0, 0.1) is 0 Å². The number of hydrogen-bond acceptors (Lipinski definition) is 3. The summed E-state index contributed by atoms with van der Waals surface area (Å²) < 4.78 is 61.3. The average molecular weight is 876 g/mol. The van der Waals surface area contributed by atoms with Crippen molar-refractivity contribution in [1.29, 1.82) is 0 Å². The maximum atomic E-state index is 9.29. The topological polar surface area (TPSA) is 25.8 Å². The summed E-state index contributed by atoms with van der Waals surface area (Å²) in [6, 6.07) is 68.2. The maximum absolute atomic E-state index is 9.29. The number of benzene rings is 10. The molecule has 13 aromatic rings. The molecule has 0 fully saturated rings. The van der Waals surface area contributed by atoms with E-state index in [1.807, 2.05) is 41.7 Å². The first-order chi connectivity index (χ1) is 36.2. The molecule has 0 amide bonds. The number of fused-ring (bicyclic) bond motifs is 6. The molecule has 0 atom stereocenters. The summed E-state index contributed by atoms with van der Waals surface area (Å²) in [6.07, 6.45) is -0.465. The van der Waals surface area contributed by atoms with Crippen molar-refractivity contribution >= 4 is 65.5 Å². The van der Waals surface area contributed by atoms with Gasteiger partial charge in [0, 0.05) is 49.0 Å². The second-order valence-electron chi connectivity index (χ2n) is 16.6. The number of nitrogens with zero attached hydrogens (tertiary/aromatic N) is 2. The van der Waals surface area contributed by atoms with Gasteiger partial charge in [-0.1, -0.05) is 218 Å². The lowest BCUT2D eigenvalue weighted by atomic mass is 9.85. The standard InChI is InChI=1S/C64H40N2S/c1-4-18-41(19-5-1)57-52-29-12-14-31-54(52)60(55-32-15-13-30-53(55)57)64-58(42-20-6-2-7-21-42)59(63(67-64)45-22-8-3-9-23-45)47-25-16-24-46(40-47)48-36-37-51(50-28-11-10-27-49(48)50)56-38-35-44-34-33-43-26-17-39-65-61(43)62(44)66-56/h1-40H/i17D,26D,33D,34D,35D,38D,39D. The van der Waals surface area contributed by atoms with Crippen molar-refractivity contribution in [2.45, 2.75) is 0 Å². The van der Waals surface area contributed by atoms with E-state index in [2.05, 4.69) is 175 Å². The fraction of sp³-hybridized carbons (Fsp3) is 0. The summed E-state index contributed by atoms with van der Waals surface area (Å²) in [5.74, 6) is 0. The third-order valence-corrected chi connectivity index (χ3v) is 14.1. The van der Waals surface area contributed by atoms with Crippen LogP contribution in [0.25, 0.3) is 131 Å². The van der Waals surface area contributed by atoms with Crippen LogP contribution < -0.4 is 0 Å². The molecule has 0 saturated heterocycles. The van der Waals surface area contributed by atoms with Crippen molar-refractivity contribution in [2.75, 3.05) is 0 Å². The van der Waals surface area contributed by atoms with Crippen LogP contribution >= 0.6 is 11.3 Å². The summed E-state index contributed by atoms with van der Waals surface area (Å²) in [5.41, 5.74) is 11.9. The normalized spacial score (nSPS) is 13.0. The molecule has 0 spiro atoms. The van der Waals surface area contributed by atoms with Gasteiger partial charge in [-0.05, 0) is 89.4 Å². The SMILES string of the molecule is [2H]c1nc2c(c([2H])c1[2H])c([2H])c([2H])c1c([2H])c([2H])c(-c3ccc(-c4cccc(-c5c(-c6ccccc6)sc(-c6c7ccccc7c(-c7ccccc7)c7ccccc67)c5-c5ccccc5)c4)c4ccccc34)nc12. The number of aromatic nitrogens is 2. The summed E-state index contributed by atoms with van der Waals surface area (Å²) >= 11 is 1.83. The third kappa shape index (κ3) is 6.55. The second-order valence-corrected chi connectivity index (χ2v) is 17.6. The monoisotopic (exact) mass is 875 g/mol. The summed E-state index contributed by atoms with van der Waals surface area (Å²) in [7, 11) is 0. The zero-order chi connectivity index (χ0) is 50.4. The third-order valence-electron chi connectivity index (χ3n) is 12.8. The molecule has 0 aliphatic heterocycles. The highest BCUT2D eigenvalue weighted by atomic mass is 32.1. The van der Waals surface area contributed by atoms with E-state index in [1.165, 1.54) is 43.1 Å². The van der Waals surface area contributed by atoms with Crippen LogP contribution in [-0.2, 0) is 0 Å². The Morgan fingerprint density at radius 1 is 0.343 bits per heavy atom. The van der Waals surface area contributed by atoms with Crippen molar-refractivity contribution in [1.82, 2.24) is 9.97 Å². The number of pyridine rings is 2. The van der Waals surface area contributed by atoms with Crippen LogP contribution in [-0.4, -0.2) is 9.97 Å². The molecule has 0 aliphatic carbocycles. The minimum Gasteiger partial charge on any atom is -0.254 e. The summed E-state index contributed by atoms with van der Waals surface area (Å²) in [5, 5.41) is 6.30. The van der Waals surface area contributed by atoms with Crippen molar-refractivity contribution < 1.29 is 9.60 Å². The van der Waals surface area contributed by atoms with Gasteiger partial charge in [-0.3, -0.25) is 4.98 Å². The minimum absolute atomic E-state index is 0.00797. The first kappa shape index (κ1) is 32.2. The van der Waals surface area contributed by atoms with E-state index in [9.17, 15) is 2.74 Å². The van der Waals surface area contributed by atoms with Gasteiger partial charge in [0.25, 0.3) is 0 Å². The van der Waals surface area contributed by atoms with Gasteiger partial charge in [0.2, 0.25) is 0 Å². The fourth-order valence-corrected chi connectivity index (χ4v) is 11.3. The Balaban J connectivity index is 1.05. The number of hydrogen-bond donors (Lipinski definition) is 0. The van der Waals surface area contributed by atoms with Crippen LogP contribution in [0.3, 0.4) is 0 Å². The van der Waals surface area contributed by atoms with E-state index in [4.69, 9.17) is 11.8 Å². The van der Waals surface area contributed by atoms with Crippen molar-refractivity contribution in [3.8, 4) is 76.6 Å². The Kier molecular flexibility index (Phi) is 7.78. The van der Waals surface area contributed by atoms with Crippen molar-refractivity contribution in [2.24, 2.45) is 0 Å². The highest BCUT2D eigenvalue weighted by Gasteiger charge is 2.27. The van der Waals surface area contributed by atoms with Gasteiger partial charge in [-0.15, -0.1) is 11.3 Å². The first-order valence-corrected chi connectivity index (χ1v) is 23.1. The van der Waals surface area contributed by atoms with Gasteiger partial charge in [-0.25, -0.2) is 4.98 Å². The van der Waals surface area contributed by atoms with Crippen LogP contribution in [0.4, 0.5) is 0 Å². The zero-order valence-corrected chi connectivity index (χ0v) is 36.7. The molecule has 3 heterocycles. The van der Waals surface area contributed by atoms with E-state index in [-0.39, 0.29) is 51.7 Å². The van der Waals surface area contributed by atoms with Gasteiger partial charge >= 0.3 is 0 Å². The zero-order valence-electron chi connectivity index (χ0n) is 42.9. The average Bonchev–Trinajstić information content (AvgIpc) is 3.85. The lowest BCUT2D eigenvalue weighted by Gasteiger charge is -2.18. The molecule has 0 aliphatic rings. The second kappa shape index (κ2) is 16.2. The predicted octanol–water partition coefficient (Wildman–Crippen LogP) is 18.0. The number of thiophene rings is 1. The van der Waals surface area contributed by atoms with Crippen molar-refractivity contribution in [3.63, 3.8) is 0 Å². The summed E-state index contributed by atoms with van der Waals surface area (Å²) in [6.45, 7) is 0. The quantitative estimate of drug-likeness (QED) is 0.118. The Hall–Kier alpha value is -8.50. The molecule has 67 heavy (non-hydrogen) atoms. The molecule has 0 saturated carbocycles. The van der Waals surface area contributed by atoms with E-state index < -0.39 is 18.3 Å². The molecule has 13 rings (SSSR count). The largest absolute Gasteiger partial charge is 0.254 e. The Bertz CT molecular complexity index is 4390. The van der Waals surface area contributed by atoms with Crippen LogP contribution in [0.15, 0.2) is 243 Å². The van der Waals surface area contributed by atoms with Gasteiger partial charge in [0.15, 0.2) is 0 Å².